The molecule has 3 aromatic rings. The van der Waals surface area contributed by atoms with Gasteiger partial charge in [-0.1, -0.05) is 18.2 Å². The van der Waals surface area contributed by atoms with E-state index in [1.807, 2.05) is 12.1 Å². The van der Waals surface area contributed by atoms with E-state index in [0.717, 1.165) is 11.3 Å². The maximum absolute atomic E-state index is 12.4. The number of nitrogens with one attached hydrogen (secondary N) is 1. The van der Waals surface area contributed by atoms with E-state index in [0.29, 0.717) is 22.7 Å². The number of anilines is 1. The van der Waals surface area contributed by atoms with Crippen molar-refractivity contribution in [1.29, 1.82) is 5.26 Å². The number of amides is 1. The fourth-order valence-corrected chi connectivity index (χ4v) is 3.60. The fourth-order valence-electron chi connectivity index (χ4n) is 2.60. The molecule has 2 aromatic carbocycles. The Balaban J connectivity index is 1.48. The van der Waals surface area contributed by atoms with Crippen LogP contribution in [0, 0.1) is 11.3 Å². The molecule has 1 heterocycles. The minimum atomic E-state index is -0.196. The first-order valence-corrected chi connectivity index (χ1v) is 8.98. The molecular weight excluding hydrogens is 330 g/mol. The zero-order valence-corrected chi connectivity index (χ0v) is 14.2. The van der Waals surface area contributed by atoms with E-state index < -0.39 is 0 Å². The van der Waals surface area contributed by atoms with Gasteiger partial charge in [0.05, 0.1) is 22.3 Å². The molecule has 1 amide bonds. The van der Waals surface area contributed by atoms with Gasteiger partial charge in [0.15, 0.2) is 0 Å². The molecule has 25 heavy (non-hydrogen) atoms. The second-order valence-electron chi connectivity index (χ2n) is 6.07. The Morgan fingerprint density at radius 3 is 2.72 bits per heavy atom. The Morgan fingerprint density at radius 1 is 1.20 bits per heavy atom. The monoisotopic (exact) mass is 345 g/mol. The number of carbonyl (C=O) groups excluding carboxylic acids is 1. The number of thiazole rings is 1. The fraction of sp³-hybridized carbons (Fsp3) is 0.150. The van der Waals surface area contributed by atoms with Gasteiger partial charge in [-0.2, -0.15) is 5.26 Å². The van der Waals surface area contributed by atoms with Gasteiger partial charge < -0.3 is 5.32 Å². The van der Waals surface area contributed by atoms with Gasteiger partial charge in [-0.3, -0.25) is 4.79 Å². The molecule has 0 bridgehead atoms. The molecule has 1 saturated carbocycles. The van der Waals surface area contributed by atoms with E-state index in [1.165, 1.54) is 17.8 Å². The molecule has 0 atom stereocenters. The minimum absolute atomic E-state index is 0.196. The Bertz CT molecular complexity index is 965. The van der Waals surface area contributed by atoms with Crippen molar-refractivity contribution < 1.29 is 4.79 Å². The van der Waals surface area contributed by atoms with Crippen molar-refractivity contribution in [2.45, 2.75) is 18.8 Å². The summed E-state index contributed by atoms with van der Waals surface area (Å²) >= 11 is 1.71. The van der Waals surface area contributed by atoms with Crippen LogP contribution in [0.1, 0.15) is 39.7 Å². The summed E-state index contributed by atoms with van der Waals surface area (Å²) in [5.74, 6) is 0.464. The lowest BCUT2D eigenvalue weighted by Gasteiger charge is -2.06. The van der Waals surface area contributed by atoms with Crippen LogP contribution >= 0.6 is 11.3 Å². The molecule has 0 unspecified atom stereocenters. The van der Waals surface area contributed by atoms with E-state index in [1.54, 1.807) is 47.7 Å². The summed E-state index contributed by atoms with van der Waals surface area (Å²) in [6.07, 6.45) is 2.50. The first-order chi connectivity index (χ1) is 12.2. The van der Waals surface area contributed by atoms with Gasteiger partial charge in [-0.25, -0.2) is 4.98 Å². The van der Waals surface area contributed by atoms with Crippen LogP contribution in [0.5, 0.6) is 0 Å². The number of hydrogen-bond acceptors (Lipinski definition) is 4. The van der Waals surface area contributed by atoms with Crippen molar-refractivity contribution >= 4 is 22.9 Å². The zero-order chi connectivity index (χ0) is 17.2. The van der Waals surface area contributed by atoms with Crippen LogP contribution in [0.15, 0.2) is 53.9 Å². The number of aromatic nitrogens is 1. The van der Waals surface area contributed by atoms with Crippen molar-refractivity contribution in [2.75, 3.05) is 5.32 Å². The highest BCUT2D eigenvalue weighted by atomic mass is 32.1. The van der Waals surface area contributed by atoms with Gasteiger partial charge >= 0.3 is 0 Å². The molecule has 1 aliphatic rings. The van der Waals surface area contributed by atoms with Crippen LogP contribution in [0.3, 0.4) is 0 Å². The predicted octanol–water partition coefficient (Wildman–Crippen LogP) is 4.81. The second kappa shape index (κ2) is 6.50. The molecule has 4 rings (SSSR count). The predicted molar refractivity (Wildman–Crippen MR) is 98.6 cm³/mol. The molecule has 1 N–H and O–H groups in total. The number of nitrogens with zero attached hydrogens (tertiary/aromatic N) is 2. The summed E-state index contributed by atoms with van der Waals surface area (Å²) in [7, 11) is 0. The Kier molecular flexibility index (Phi) is 4.04. The largest absolute Gasteiger partial charge is 0.322 e. The number of rotatable bonds is 4. The van der Waals surface area contributed by atoms with Crippen molar-refractivity contribution in [3.05, 3.63) is 70.0 Å². The second-order valence-corrected chi connectivity index (χ2v) is 6.96. The molecule has 0 spiro atoms. The molecule has 4 nitrogen and oxygen atoms in total. The van der Waals surface area contributed by atoms with E-state index in [2.05, 4.69) is 16.8 Å². The van der Waals surface area contributed by atoms with E-state index in [-0.39, 0.29) is 5.91 Å². The highest BCUT2D eigenvalue weighted by molar-refractivity contribution is 7.10. The average molecular weight is 345 g/mol. The molecule has 5 heteroatoms. The molecule has 1 fully saturated rings. The lowest BCUT2D eigenvalue weighted by atomic mass is 10.1. The topological polar surface area (TPSA) is 65.8 Å². The summed E-state index contributed by atoms with van der Waals surface area (Å²) in [5.41, 5.74) is 3.69. The normalized spacial score (nSPS) is 13.2. The molecule has 122 valence electrons. The van der Waals surface area contributed by atoms with Crippen LogP contribution in [-0.2, 0) is 0 Å². The zero-order valence-electron chi connectivity index (χ0n) is 13.4. The molecule has 0 aliphatic heterocycles. The summed E-state index contributed by atoms with van der Waals surface area (Å²) < 4.78 is 0. The lowest BCUT2D eigenvalue weighted by molar-refractivity contribution is 0.102. The van der Waals surface area contributed by atoms with Gasteiger partial charge in [0, 0.05) is 28.1 Å². The Hall–Kier alpha value is -2.97. The quantitative estimate of drug-likeness (QED) is 0.738. The van der Waals surface area contributed by atoms with Crippen LogP contribution in [0.2, 0.25) is 0 Å². The van der Waals surface area contributed by atoms with Crippen molar-refractivity contribution in [1.82, 2.24) is 4.98 Å². The molecule has 0 radical (unpaired) electrons. The van der Waals surface area contributed by atoms with E-state index in [4.69, 9.17) is 10.2 Å². The van der Waals surface area contributed by atoms with Crippen LogP contribution in [-0.4, -0.2) is 10.9 Å². The number of benzene rings is 2. The summed E-state index contributed by atoms with van der Waals surface area (Å²) in [6, 6.07) is 16.4. The minimum Gasteiger partial charge on any atom is -0.322 e. The average Bonchev–Trinajstić information content (AvgIpc) is 3.39. The van der Waals surface area contributed by atoms with Crippen LogP contribution in [0.4, 0.5) is 5.69 Å². The smallest absolute Gasteiger partial charge is 0.255 e. The first kappa shape index (κ1) is 15.6. The molecular formula is C20H15N3OS. The molecule has 0 saturated heterocycles. The Labute approximate surface area is 149 Å². The summed E-state index contributed by atoms with van der Waals surface area (Å²) in [6.45, 7) is 0. The standard InChI is InChI=1S/C20H15N3OS/c21-11-13-2-1-3-17(10-13)22-19(24)15-6-4-14(5-7-15)18-12-25-20(23-18)16-8-9-16/h1-7,10,12,16H,8-9H2,(H,22,24). The van der Waals surface area contributed by atoms with Gasteiger partial charge in [0.1, 0.15) is 0 Å². The number of nitriles is 1. The highest BCUT2D eigenvalue weighted by Crippen LogP contribution is 2.42. The summed E-state index contributed by atoms with van der Waals surface area (Å²) in [4.78, 5) is 17.0. The highest BCUT2D eigenvalue weighted by Gasteiger charge is 2.26. The number of hydrogen-bond donors (Lipinski definition) is 1. The summed E-state index contributed by atoms with van der Waals surface area (Å²) in [5, 5.41) is 15.0. The van der Waals surface area contributed by atoms with Gasteiger partial charge in [-0.15, -0.1) is 11.3 Å². The van der Waals surface area contributed by atoms with Crippen LogP contribution in [0.25, 0.3) is 11.3 Å². The number of carbonyl (C=O) groups is 1. The van der Waals surface area contributed by atoms with Crippen molar-refractivity contribution in [3.8, 4) is 17.3 Å². The third-order valence-electron chi connectivity index (χ3n) is 4.14. The third kappa shape index (κ3) is 3.44. The van der Waals surface area contributed by atoms with E-state index >= 15 is 0 Å². The van der Waals surface area contributed by atoms with Crippen molar-refractivity contribution in [2.24, 2.45) is 0 Å². The third-order valence-corrected chi connectivity index (χ3v) is 5.15. The molecule has 1 aromatic heterocycles. The first-order valence-electron chi connectivity index (χ1n) is 8.10. The van der Waals surface area contributed by atoms with Gasteiger partial charge in [-0.05, 0) is 43.2 Å². The van der Waals surface area contributed by atoms with Gasteiger partial charge in [0.2, 0.25) is 0 Å². The SMILES string of the molecule is N#Cc1cccc(NC(=O)c2ccc(-c3csc(C4CC4)n3)cc2)c1. The van der Waals surface area contributed by atoms with Gasteiger partial charge in [0.25, 0.3) is 5.91 Å². The maximum Gasteiger partial charge on any atom is 0.255 e. The van der Waals surface area contributed by atoms with Crippen LogP contribution < -0.4 is 5.32 Å². The molecule has 1 aliphatic carbocycles. The maximum atomic E-state index is 12.4. The lowest BCUT2D eigenvalue weighted by Crippen LogP contribution is -2.11. The van der Waals surface area contributed by atoms with Crippen molar-refractivity contribution in [3.63, 3.8) is 0 Å². The Morgan fingerprint density at radius 2 is 2.00 bits per heavy atom. The van der Waals surface area contributed by atoms with E-state index in [9.17, 15) is 4.79 Å².